The Hall–Kier alpha value is -1.49. The largest absolute Gasteiger partial charge is 0.469 e. The van der Waals surface area contributed by atoms with Gasteiger partial charge in [0, 0.05) is 37.1 Å². The molecule has 0 amide bonds. The maximum absolute atomic E-state index is 5.41. The summed E-state index contributed by atoms with van der Waals surface area (Å²) in [5.41, 5.74) is 0. The SMILES string of the molecule is CN1C2CCCC1CC(NC(=NCCc1ccco1)NC1CC1)C2. The second-order valence-electron chi connectivity index (χ2n) is 7.69. The minimum atomic E-state index is 0.560. The molecule has 24 heavy (non-hydrogen) atoms. The summed E-state index contributed by atoms with van der Waals surface area (Å²) in [6.45, 7) is 0.773. The van der Waals surface area contributed by atoms with E-state index in [1.807, 2.05) is 12.1 Å². The molecule has 1 aromatic heterocycles. The average molecular weight is 330 g/mol. The number of guanidine groups is 1. The van der Waals surface area contributed by atoms with Crippen molar-refractivity contribution in [2.24, 2.45) is 4.99 Å². The Morgan fingerprint density at radius 2 is 1.92 bits per heavy atom. The van der Waals surface area contributed by atoms with Gasteiger partial charge in [-0.05, 0) is 57.7 Å². The molecule has 5 heteroatoms. The predicted molar refractivity (Wildman–Crippen MR) is 96.2 cm³/mol. The molecule has 3 heterocycles. The first-order valence-electron chi connectivity index (χ1n) is 9.60. The van der Waals surface area contributed by atoms with E-state index in [1.165, 1.54) is 44.9 Å². The third-order valence-electron chi connectivity index (χ3n) is 5.81. The zero-order valence-corrected chi connectivity index (χ0v) is 14.7. The molecule has 2 unspecified atom stereocenters. The number of nitrogens with one attached hydrogen (secondary N) is 2. The second-order valence-corrected chi connectivity index (χ2v) is 7.69. The van der Waals surface area contributed by atoms with Crippen molar-refractivity contribution >= 4 is 5.96 Å². The van der Waals surface area contributed by atoms with Gasteiger partial charge in [0.1, 0.15) is 5.76 Å². The van der Waals surface area contributed by atoms with E-state index in [1.54, 1.807) is 6.26 Å². The van der Waals surface area contributed by atoms with Crippen molar-refractivity contribution in [3.8, 4) is 0 Å². The van der Waals surface area contributed by atoms with E-state index < -0.39 is 0 Å². The monoisotopic (exact) mass is 330 g/mol. The van der Waals surface area contributed by atoms with Crippen LogP contribution in [-0.2, 0) is 6.42 Å². The summed E-state index contributed by atoms with van der Waals surface area (Å²) >= 11 is 0. The van der Waals surface area contributed by atoms with Gasteiger partial charge in [-0.1, -0.05) is 6.42 Å². The molecule has 2 atom stereocenters. The van der Waals surface area contributed by atoms with Crippen LogP contribution in [0.5, 0.6) is 0 Å². The van der Waals surface area contributed by atoms with Crippen molar-refractivity contribution in [3.63, 3.8) is 0 Å². The van der Waals surface area contributed by atoms with Gasteiger partial charge in [0.2, 0.25) is 0 Å². The lowest BCUT2D eigenvalue weighted by Crippen LogP contribution is -2.56. The topological polar surface area (TPSA) is 52.8 Å². The number of hydrogen-bond donors (Lipinski definition) is 2. The van der Waals surface area contributed by atoms with Crippen molar-refractivity contribution in [3.05, 3.63) is 24.2 Å². The van der Waals surface area contributed by atoms with Crippen LogP contribution in [0, 0.1) is 0 Å². The van der Waals surface area contributed by atoms with E-state index in [4.69, 9.17) is 9.41 Å². The lowest BCUT2D eigenvalue weighted by molar-refractivity contribution is 0.0526. The number of hydrogen-bond acceptors (Lipinski definition) is 3. The van der Waals surface area contributed by atoms with Crippen LogP contribution in [0.4, 0.5) is 0 Å². The Balaban J connectivity index is 1.34. The molecule has 3 fully saturated rings. The zero-order valence-electron chi connectivity index (χ0n) is 14.7. The summed E-state index contributed by atoms with van der Waals surface area (Å²) in [5.74, 6) is 2.02. The summed E-state index contributed by atoms with van der Waals surface area (Å²) < 4.78 is 5.41. The molecule has 132 valence electrons. The minimum Gasteiger partial charge on any atom is -0.469 e. The van der Waals surface area contributed by atoms with Crippen LogP contribution < -0.4 is 10.6 Å². The minimum absolute atomic E-state index is 0.560. The standard InChI is InChI=1S/C19H30N4O/c1-23-16-4-2-5-17(23)13-15(12-16)22-19(21-14-7-8-14)20-10-9-18-6-3-11-24-18/h3,6,11,14-17H,2,4-5,7-10,12-13H2,1H3,(H2,20,21,22). The Morgan fingerprint density at radius 3 is 2.58 bits per heavy atom. The number of furan rings is 1. The lowest BCUT2D eigenvalue weighted by atomic mass is 9.82. The molecular weight excluding hydrogens is 300 g/mol. The van der Waals surface area contributed by atoms with Gasteiger partial charge in [0.15, 0.2) is 5.96 Å². The first-order chi connectivity index (χ1) is 11.8. The van der Waals surface area contributed by atoms with Crippen LogP contribution >= 0.6 is 0 Å². The summed E-state index contributed by atoms with van der Waals surface area (Å²) in [5, 5.41) is 7.33. The molecule has 2 N–H and O–H groups in total. The Labute approximate surface area is 144 Å². The number of aliphatic imine (C=N–C) groups is 1. The molecule has 4 rings (SSSR count). The normalized spacial score (nSPS) is 31.0. The zero-order chi connectivity index (χ0) is 16.4. The highest BCUT2D eigenvalue weighted by atomic mass is 16.3. The van der Waals surface area contributed by atoms with Gasteiger partial charge < -0.3 is 20.0 Å². The summed E-state index contributed by atoms with van der Waals surface area (Å²) in [7, 11) is 2.31. The van der Waals surface area contributed by atoms with Gasteiger partial charge in [-0.15, -0.1) is 0 Å². The summed E-state index contributed by atoms with van der Waals surface area (Å²) in [4.78, 5) is 7.42. The van der Waals surface area contributed by atoms with E-state index in [9.17, 15) is 0 Å². The summed E-state index contributed by atoms with van der Waals surface area (Å²) in [6, 6.07) is 6.66. The first kappa shape index (κ1) is 16.0. The highest BCUT2D eigenvalue weighted by molar-refractivity contribution is 5.80. The van der Waals surface area contributed by atoms with Gasteiger partial charge in [-0.25, -0.2) is 0 Å². The quantitative estimate of drug-likeness (QED) is 0.643. The maximum Gasteiger partial charge on any atom is 0.191 e. The number of nitrogens with zero attached hydrogens (tertiary/aromatic N) is 2. The van der Waals surface area contributed by atoms with Crippen molar-refractivity contribution in [1.82, 2.24) is 15.5 Å². The molecule has 2 aliphatic heterocycles. The van der Waals surface area contributed by atoms with Crippen LogP contribution in [0.1, 0.15) is 50.7 Å². The third kappa shape index (κ3) is 3.94. The molecule has 3 aliphatic rings. The van der Waals surface area contributed by atoms with Crippen LogP contribution in [-0.4, -0.2) is 48.6 Å². The smallest absolute Gasteiger partial charge is 0.191 e. The maximum atomic E-state index is 5.41. The van der Waals surface area contributed by atoms with E-state index in [0.717, 1.165) is 36.8 Å². The summed E-state index contributed by atoms with van der Waals surface area (Å²) in [6.07, 6.45) is 11.7. The molecule has 0 radical (unpaired) electrons. The Bertz CT molecular complexity index is 538. The highest BCUT2D eigenvalue weighted by Crippen LogP contribution is 2.32. The number of fused-ring (bicyclic) bond motifs is 2. The fourth-order valence-electron chi connectivity index (χ4n) is 4.21. The van der Waals surface area contributed by atoms with Crippen molar-refractivity contribution in [2.75, 3.05) is 13.6 Å². The predicted octanol–water partition coefficient (Wildman–Crippen LogP) is 2.54. The van der Waals surface area contributed by atoms with Gasteiger partial charge in [0.05, 0.1) is 6.26 Å². The van der Waals surface area contributed by atoms with Crippen molar-refractivity contribution < 1.29 is 4.42 Å². The Morgan fingerprint density at radius 1 is 1.17 bits per heavy atom. The van der Waals surface area contributed by atoms with Gasteiger partial charge in [0.25, 0.3) is 0 Å². The fourth-order valence-corrected chi connectivity index (χ4v) is 4.21. The van der Waals surface area contributed by atoms with Crippen molar-refractivity contribution in [2.45, 2.75) is 75.5 Å². The molecule has 0 aromatic carbocycles. The lowest BCUT2D eigenvalue weighted by Gasteiger charge is -2.47. The van der Waals surface area contributed by atoms with Gasteiger partial charge in [-0.2, -0.15) is 0 Å². The highest BCUT2D eigenvalue weighted by Gasteiger charge is 2.36. The molecule has 2 saturated heterocycles. The fraction of sp³-hybridized carbons (Fsp3) is 0.737. The van der Waals surface area contributed by atoms with E-state index >= 15 is 0 Å². The molecule has 1 aliphatic carbocycles. The molecule has 0 spiro atoms. The molecule has 1 saturated carbocycles. The van der Waals surface area contributed by atoms with E-state index in [-0.39, 0.29) is 0 Å². The van der Waals surface area contributed by atoms with E-state index in [0.29, 0.717) is 12.1 Å². The van der Waals surface area contributed by atoms with Crippen LogP contribution in [0.25, 0.3) is 0 Å². The van der Waals surface area contributed by atoms with Crippen molar-refractivity contribution in [1.29, 1.82) is 0 Å². The van der Waals surface area contributed by atoms with Gasteiger partial charge in [-0.3, -0.25) is 4.99 Å². The van der Waals surface area contributed by atoms with Crippen LogP contribution in [0.2, 0.25) is 0 Å². The Kier molecular flexibility index (Phi) is 4.79. The third-order valence-corrected chi connectivity index (χ3v) is 5.81. The molecular formula is C19H30N4O. The number of piperidine rings is 2. The molecule has 1 aromatic rings. The number of rotatable bonds is 5. The van der Waals surface area contributed by atoms with Crippen LogP contribution in [0.15, 0.2) is 27.8 Å². The average Bonchev–Trinajstić information content (AvgIpc) is 3.20. The molecule has 2 bridgehead atoms. The second kappa shape index (κ2) is 7.18. The first-order valence-corrected chi connectivity index (χ1v) is 9.60. The molecule has 5 nitrogen and oxygen atoms in total. The van der Waals surface area contributed by atoms with E-state index in [2.05, 4.69) is 22.6 Å². The van der Waals surface area contributed by atoms with Gasteiger partial charge >= 0.3 is 0 Å². The van der Waals surface area contributed by atoms with Crippen LogP contribution in [0.3, 0.4) is 0 Å².